The van der Waals surface area contributed by atoms with E-state index in [1.807, 2.05) is 0 Å². The van der Waals surface area contributed by atoms with Crippen LogP contribution in [0.2, 0.25) is 0 Å². The average Bonchev–Trinajstić information content (AvgIpc) is 2.26. The number of carbonyl (C=O) groups is 1. The van der Waals surface area contributed by atoms with Crippen molar-refractivity contribution >= 4 is 15.7 Å². The van der Waals surface area contributed by atoms with E-state index in [2.05, 4.69) is 31.4 Å². The number of hydrogen-bond donors (Lipinski definition) is 2. The van der Waals surface area contributed by atoms with E-state index >= 15 is 0 Å². The zero-order chi connectivity index (χ0) is 14.7. The Balaban J connectivity index is 2.74. The molecule has 5 nitrogen and oxygen atoms in total. The molecule has 0 atom stereocenters. The van der Waals surface area contributed by atoms with E-state index in [-0.39, 0.29) is 11.3 Å². The Morgan fingerprint density at radius 3 is 2.21 bits per heavy atom. The van der Waals surface area contributed by atoms with Gasteiger partial charge in [-0.3, -0.25) is 4.79 Å². The molecule has 112 valence electrons. The van der Waals surface area contributed by atoms with Gasteiger partial charge in [-0.2, -0.15) is 0 Å². The maximum absolute atomic E-state index is 12.3. The minimum Gasteiger partial charge on any atom is -0.355 e. The summed E-state index contributed by atoms with van der Waals surface area (Å²) in [6.07, 6.45) is 2.71. The Bertz CT molecular complexity index is 418. The van der Waals surface area contributed by atoms with Crippen LogP contribution in [-0.4, -0.2) is 45.0 Å². The monoisotopic (exact) mass is 290 g/mol. The molecule has 2 N–H and O–H groups in total. The van der Waals surface area contributed by atoms with Crippen molar-refractivity contribution in [2.24, 2.45) is 5.41 Å². The lowest BCUT2D eigenvalue weighted by Gasteiger charge is -2.34. The number of amides is 1. The molecule has 1 heterocycles. The summed E-state index contributed by atoms with van der Waals surface area (Å²) in [6, 6.07) is 0. The summed E-state index contributed by atoms with van der Waals surface area (Å²) in [5.41, 5.74) is 0.125. The Hall–Kier alpha value is -0.620. The third-order valence-electron chi connectivity index (χ3n) is 3.70. The fourth-order valence-electron chi connectivity index (χ4n) is 2.31. The van der Waals surface area contributed by atoms with E-state index in [0.717, 1.165) is 6.42 Å². The molecule has 0 bridgehead atoms. The standard InChI is InChI=1S/C13H26N2O3S/c1-12(2,3)5-10-15-11(16)13(19(4,17)18)6-8-14-9-7-13/h14H,5-10H2,1-4H3,(H,15,16). The van der Waals surface area contributed by atoms with Gasteiger partial charge in [0.1, 0.15) is 0 Å². The summed E-state index contributed by atoms with van der Waals surface area (Å²) >= 11 is 0. The average molecular weight is 290 g/mol. The van der Waals surface area contributed by atoms with E-state index in [1.165, 1.54) is 6.26 Å². The molecule has 1 amide bonds. The molecule has 0 saturated carbocycles. The van der Waals surface area contributed by atoms with Crippen molar-refractivity contribution in [2.45, 2.75) is 44.8 Å². The molecule has 0 aromatic heterocycles. The summed E-state index contributed by atoms with van der Waals surface area (Å²) in [4.78, 5) is 12.3. The van der Waals surface area contributed by atoms with Gasteiger partial charge in [-0.05, 0) is 37.8 Å². The number of rotatable bonds is 4. The zero-order valence-corrected chi connectivity index (χ0v) is 13.2. The van der Waals surface area contributed by atoms with Crippen molar-refractivity contribution in [3.63, 3.8) is 0 Å². The molecule has 0 aromatic carbocycles. The smallest absolute Gasteiger partial charge is 0.241 e. The highest BCUT2D eigenvalue weighted by Crippen LogP contribution is 2.28. The van der Waals surface area contributed by atoms with Gasteiger partial charge in [-0.1, -0.05) is 20.8 Å². The molecule has 0 aromatic rings. The zero-order valence-electron chi connectivity index (χ0n) is 12.4. The Labute approximate surface area is 116 Å². The molecule has 6 heteroatoms. The van der Waals surface area contributed by atoms with Crippen molar-refractivity contribution < 1.29 is 13.2 Å². The normalized spacial score (nSPS) is 20.0. The van der Waals surface area contributed by atoms with Crippen LogP contribution in [0, 0.1) is 5.41 Å². The highest BCUT2D eigenvalue weighted by molar-refractivity contribution is 7.92. The summed E-state index contributed by atoms with van der Waals surface area (Å²) in [5, 5.41) is 5.91. The third-order valence-corrected chi connectivity index (χ3v) is 5.71. The van der Waals surface area contributed by atoms with Crippen molar-refractivity contribution in [1.29, 1.82) is 0 Å². The van der Waals surface area contributed by atoms with Crippen molar-refractivity contribution in [2.75, 3.05) is 25.9 Å². The molecule has 19 heavy (non-hydrogen) atoms. The van der Waals surface area contributed by atoms with Gasteiger partial charge in [0.15, 0.2) is 14.6 Å². The maximum atomic E-state index is 12.3. The lowest BCUT2D eigenvalue weighted by Crippen LogP contribution is -2.57. The van der Waals surface area contributed by atoms with E-state index in [9.17, 15) is 13.2 Å². The van der Waals surface area contributed by atoms with Crippen molar-refractivity contribution in [3.05, 3.63) is 0 Å². The van der Waals surface area contributed by atoms with Gasteiger partial charge in [0.25, 0.3) is 0 Å². The molecule has 0 spiro atoms. The Morgan fingerprint density at radius 1 is 1.26 bits per heavy atom. The lowest BCUT2D eigenvalue weighted by atomic mass is 9.92. The highest BCUT2D eigenvalue weighted by Gasteiger charge is 2.48. The number of carbonyl (C=O) groups excluding carboxylic acids is 1. The number of sulfone groups is 1. The highest BCUT2D eigenvalue weighted by atomic mass is 32.2. The number of hydrogen-bond acceptors (Lipinski definition) is 4. The van der Waals surface area contributed by atoms with Gasteiger partial charge < -0.3 is 10.6 Å². The maximum Gasteiger partial charge on any atom is 0.241 e. The third kappa shape index (κ3) is 4.18. The van der Waals surface area contributed by atoms with Gasteiger partial charge in [0.2, 0.25) is 5.91 Å². The second kappa shape index (κ2) is 5.79. The van der Waals surface area contributed by atoms with Crippen LogP contribution in [0.5, 0.6) is 0 Å². The SMILES string of the molecule is CC(C)(C)CCNC(=O)C1(S(C)(=O)=O)CCNCC1. The minimum absolute atomic E-state index is 0.125. The van der Waals surface area contributed by atoms with Gasteiger partial charge in [0.05, 0.1) is 0 Å². The summed E-state index contributed by atoms with van der Waals surface area (Å²) < 4.78 is 22.8. The molecular weight excluding hydrogens is 264 g/mol. The first-order valence-corrected chi connectivity index (χ1v) is 8.66. The number of piperidine rings is 1. The second-order valence-electron chi connectivity index (χ2n) is 6.58. The van der Waals surface area contributed by atoms with Crippen LogP contribution >= 0.6 is 0 Å². The van der Waals surface area contributed by atoms with E-state index in [0.29, 0.717) is 32.5 Å². The number of nitrogens with one attached hydrogen (secondary N) is 2. The van der Waals surface area contributed by atoms with E-state index < -0.39 is 14.6 Å². The van der Waals surface area contributed by atoms with Crippen LogP contribution in [0.4, 0.5) is 0 Å². The molecule has 0 aliphatic carbocycles. The quantitative estimate of drug-likeness (QED) is 0.799. The van der Waals surface area contributed by atoms with Crippen LogP contribution in [0.15, 0.2) is 0 Å². The first kappa shape index (κ1) is 16.4. The first-order valence-electron chi connectivity index (χ1n) is 6.77. The summed E-state index contributed by atoms with van der Waals surface area (Å²) in [6.45, 7) is 7.94. The van der Waals surface area contributed by atoms with Crippen molar-refractivity contribution in [3.8, 4) is 0 Å². The van der Waals surface area contributed by atoms with Crippen LogP contribution in [0.25, 0.3) is 0 Å². The van der Waals surface area contributed by atoms with E-state index in [4.69, 9.17) is 0 Å². The van der Waals surface area contributed by atoms with Gasteiger partial charge >= 0.3 is 0 Å². The molecule has 1 saturated heterocycles. The molecule has 0 radical (unpaired) electrons. The van der Waals surface area contributed by atoms with Crippen molar-refractivity contribution in [1.82, 2.24) is 10.6 Å². The second-order valence-corrected chi connectivity index (χ2v) is 8.91. The van der Waals surface area contributed by atoms with Crippen LogP contribution in [0.3, 0.4) is 0 Å². The minimum atomic E-state index is -3.40. The molecule has 1 aliphatic heterocycles. The molecule has 0 unspecified atom stereocenters. The van der Waals surface area contributed by atoms with Gasteiger partial charge in [-0.25, -0.2) is 8.42 Å². The van der Waals surface area contributed by atoms with Gasteiger partial charge in [0, 0.05) is 12.8 Å². The molecule has 1 aliphatic rings. The van der Waals surface area contributed by atoms with Crippen LogP contribution in [-0.2, 0) is 14.6 Å². The predicted octanol–water partition coefficient (Wildman–Crippen LogP) is 0.706. The first-order chi connectivity index (χ1) is 8.58. The topological polar surface area (TPSA) is 75.3 Å². The van der Waals surface area contributed by atoms with E-state index in [1.54, 1.807) is 0 Å². The summed E-state index contributed by atoms with van der Waals surface area (Å²) in [7, 11) is -3.40. The molecule has 1 rings (SSSR count). The largest absolute Gasteiger partial charge is 0.355 e. The van der Waals surface area contributed by atoms with Crippen LogP contribution in [0.1, 0.15) is 40.0 Å². The fourth-order valence-corrected chi connectivity index (χ4v) is 3.66. The lowest BCUT2D eigenvalue weighted by molar-refractivity contribution is -0.124. The van der Waals surface area contributed by atoms with Gasteiger partial charge in [-0.15, -0.1) is 0 Å². The molecule has 1 fully saturated rings. The Morgan fingerprint density at radius 2 is 1.79 bits per heavy atom. The molecular formula is C13H26N2O3S. The summed E-state index contributed by atoms with van der Waals surface area (Å²) in [5.74, 6) is -0.333. The Kier molecular flexibility index (Phi) is 5.01. The predicted molar refractivity (Wildman–Crippen MR) is 76.8 cm³/mol. The van der Waals surface area contributed by atoms with Crippen LogP contribution < -0.4 is 10.6 Å². The fraction of sp³-hybridized carbons (Fsp3) is 0.923.